The zero-order valence-electron chi connectivity index (χ0n) is 20.7. The molecule has 0 aromatic rings. The highest BCUT2D eigenvalue weighted by atomic mass is 16.5. The molecule has 0 spiro atoms. The first-order valence-corrected chi connectivity index (χ1v) is 10.6. The molecule has 0 unspecified atom stereocenters. The van der Waals surface area contributed by atoms with Gasteiger partial charge >= 0.3 is 0 Å². The molecule has 0 aliphatic carbocycles. The van der Waals surface area contributed by atoms with Gasteiger partial charge in [-0.1, -0.05) is 84.1 Å². The summed E-state index contributed by atoms with van der Waals surface area (Å²) in [7, 11) is 0. The molecule has 0 N–H and O–H groups in total. The SMILES string of the molecule is C=C/C(C)=C/C(/C=C(\C)C=C)(CC(=C)C)OC(/C=C(\C)C=C)(/C=C(\C)C=C)CC(=C)C. The van der Waals surface area contributed by atoms with E-state index in [-0.39, 0.29) is 0 Å². The lowest BCUT2D eigenvalue weighted by Gasteiger charge is -2.40. The Labute approximate surface area is 192 Å². The lowest BCUT2D eigenvalue weighted by Crippen LogP contribution is -2.42. The molecule has 1 heteroatoms. The summed E-state index contributed by atoms with van der Waals surface area (Å²) in [5.41, 5.74) is 4.60. The Hall–Kier alpha value is -2.64. The summed E-state index contributed by atoms with van der Waals surface area (Å²) >= 11 is 0. The quantitative estimate of drug-likeness (QED) is 0.202. The van der Waals surface area contributed by atoms with Crippen LogP contribution in [0, 0.1) is 0 Å². The highest BCUT2D eigenvalue weighted by molar-refractivity contribution is 5.36. The molecule has 0 amide bonds. The maximum atomic E-state index is 7.12. The van der Waals surface area contributed by atoms with E-state index in [4.69, 9.17) is 4.74 Å². The molecule has 0 rings (SSSR count). The van der Waals surface area contributed by atoms with Gasteiger partial charge in [0.15, 0.2) is 0 Å². The summed E-state index contributed by atoms with van der Waals surface area (Å²) in [5.74, 6) is 0. The van der Waals surface area contributed by atoms with Crippen LogP contribution < -0.4 is 0 Å². The van der Waals surface area contributed by atoms with Crippen molar-refractivity contribution < 1.29 is 4.74 Å². The molecule has 0 saturated heterocycles. The predicted molar refractivity (Wildman–Crippen MR) is 141 cm³/mol. The Balaban J connectivity index is 7.32. The van der Waals surface area contributed by atoms with Crippen molar-refractivity contribution in [2.45, 2.75) is 65.6 Å². The van der Waals surface area contributed by atoms with Crippen molar-refractivity contribution in [3.63, 3.8) is 0 Å². The van der Waals surface area contributed by atoms with E-state index in [1.54, 1.807) is 0 Å². The first kappa shape index (κ1) is 28.4. The molecule has 0 radical (unpaired) electrons. The fourth-order valence-electron chi connectivity index (χ4n) is 3.55. The van der Waals surface area contributed by atoms with Gasteiger partial charge in [0.25, 0.3) is 0 Å². The highest BCUT2D eigenvalue weighted by Gasteiger charge is 2.37. The zero-order valence-corrected chi connectivity index (χ0v) is 20.7. The maximum absolute atomic E-state index is 7.12. The number of hydrogen-bond acceptors (Lipinski definition) is 1. The van der Waals surface area contributed by atoms with Crippen LogP contribution in [0.4, 0.5) is 0 Å². The number of ether oxygens (including phenoxy) is 1. The van der Waals surface area contributed by atoms with Crippen molar-refractivity contribution in [3.8, 4) is 0 Å². The molecular formula is C30H42O. The summed E-state index contributed by atoms with van der Waals surface area (Å²) < 4.78 is 7.12. The van der Waals surface area contributed by atoms with Crippen LogP contribution in [0.1, 0.15) is 54.4 Å². The minimum Gasteiger partial charge on any atom is -0.351 e. The minimum absolute atomic E-state index is 0.614. The van der Waals surface area contributed by atoms with Gasteiger partial charge < -0.3 is 4.74 Å². The average Bonchev–Trinajstić information content (AvgIpc) is 2.65. The first-order valence-electron chi connectivity index (χ1n) is 10.6. The maximum Gasteiger partial charge on any atom is 0.111 e. The van der Waals surface area contributed by atoms with E-state index in [1.165, 1.54) is 0 Å². The van der Waals surface area contributed by atoms with Crippen LogP contribution in [0.25, 0.3) is 0 Å². The van der Waals surface area contributed by atoms with Gasteiger partial charge in [-0.15, -0.1) is 13.2 Å². The monoisotopic (exact) mass is 418 g/mol. The lowest BCUT2D eigenvalue weighted by atomic mass is 9.85. The third-order valence-electron chi connectivity index (χ3n) is 4.71. The summed E-state index contributed by atoms with van der Waals surface area (Å²) in [6.45, 7) is 36.3. The molecule has 0 bridgehead atoms. The zero-order chi connectivity index (χ0) is 24.2. The lowest BCUT2D eigenvalue weighted by molar-refractivity contribution is -0.0557. The summed E-state index contributed by atoms with van der Waals surface area (Å²) in [5, 5.41) is 0. The van der Waals surface area contributed by atoms with Crippen LogP contribution in [0.5, 0.6) is 0 Å². The van der Waals surface area contributed by atoms with E-state index in [1.807, 2.05) is 65.8 Å². The van der Waals surface area contributed by atoms with Gasteiger partial charge in [0, 0.05) is 12.8 Å². The predicted octanol–water partition coefficient (Wildman–Crippen LogP) is 8.94. The molecular weight excluding hydrogens is 376 g/mol. The minimum atomic E-state index is -0.756. The Morgan fingerprint density at radius 3 is 0.935 bits per heavy atom. The molecule has 0 aliphatic heterocycles. The largest absolute Gasteiger partial charge is 0.351 e. The fraction of sp³-hybridized carbons (Fsp3) is 0.333. The summed E-state index contributed by atoms with van der Waals surface area (Å²) in [6, 6.07) is 0. The second-order valence-electron chi connectivity index (χ2n) is 8.65. The van der Waals surface area contributed by atoms with Gasteiger partial charge in [-0.05, 0) is 65.8 Å². The molecule has 168 valence electrons. The van der Waals surface area contributed by atoms with Crippen LogP contribution in [-0.4, -0.2) is 11.2 Å². The van der Waals surface area contributed by atoms with Crippen molar-refractivity contribution >= 4 is 0 Å². The normalized spacial score (nSPS) is 15.7. The van der Waals surface area contributed by atoms with Crippen LogP contribution >= 0.6 is 0 Å². The molecule has 0 aromatic heterocycles. The van der Waals surface area contributed by atoms with E-state index >= 15 is 0 Å². The van der Waals surface area contributed by atoms with E-state index in [2.05, 4.69) is 63.8 Å². The van der Waals surface area contributed by atoms with Gasteiger partial charge in [-0.2, -0.15) is 0 Å². The molecule has 31 heavy (non-hydrogen) atoms. The van der Waals surface area contributed by atoms with E-state index in [0.717, 1.165) is 33.4 Å². The van der Waals surface area contributed by atoms with Crippen molar-refractivity contribution in [1.29, 1.82) is 0 Å². The van der Waals surface area contributed by atoms with Crippen molar-refractivity contribution in [2.75, 3.05) is 0 Å². The van der Waals surface area contributed by atoms with Crippen molar-refractivity contribution in [3.05, 3.63) is 122 Å². The van der Waals surface area contributed by atoms with E-state index < -0.39 is 11.2 Å². The van der Waals surface area contributed by atoms with Gasteiger partial charge in [-0.25, -0.2) is 0 Å². The summed E-state index contributed by atoms with van der Waals surface area (Å²) in [4.78, 5) is 0. The molecule has 1 nitrogen and oxygen atoms in total. The second kappa shape index (κ2) is 12.9. The fourth-order valence-corrected chi connectivity index (χ4v) is 3.55. The molecule has 0 atom stereocenters. The third-order valence-corrected chi connectivity index (χ3v) is 4.71. The number of hydrogen-bond donors (Lipinski definition) is 0. The van der Waals surface area contributed by atoms with Crippen LogP contribution in [-0.2, 0) is 4.74 Å². The standard InChI is InChI=1S/C30H42O/c1-13-25(9)19-29(17-23(5)6,20-26(10)14-2)31-30(18-24(7)8,21-27(11)15-3)22-28(12)16-4/h13-16,19-22H,1-5,7,17-18H2,6,8-12H3/b25-19+,26-20+,27-21+,28-22+. The Kier molecular flexibility index (Phi) is 11.8. The topological polar surface area (TPSA) is 9.23 Å². The Morgan fingerprint density at radius 1 is 0.548 bits per heavy atom. The molecule has 0 heterocycles. The molecule has 0 fully saturated rings. The average molecular weight is 419 g/mol. The van der Waals surface area contributed by atoms with Crippen molar-refractivity contribution in [1.82, 2.24) is 0 Å². The summed E-state index contributed by atoms with van der Waals surface area (Å²) in [6.07, 6.45) is 17.0. The van der Waals surface area contributed by atoms with Gasteiger partial charge in [-0.3, -0.25) is 0 Å². The Bertz CT molecular complexity index is 718. The highest BCUT2D eigenvalue weighted by Crippen LogP contribution is 2.38. The van der Waals surface area contributed by atoms with E-state index in [9.17, 15) is 0 Å². The first-order chi connectivity index (χ1) is 14.4. The van der Waals surface area contributed by atoms with Gasteiger partial charge in [0.05, 0.1) is 0 Å². The third kappa shape index (κ3) is 10.3. The molecule has 0 aromatic carbocycles. The van der Waals surface area contributed by atoms with Gasteiger partial charge in [0.1, 0.15) is 11.2 Å². The smallest absolute Gasteiger partial charge is 0.111 e. The van der Waals surface area contributed by atoms with Crippen LogP contribution in [0.15, 0.2) is 122 Å². The molecule has 0 aliphatic rings. The van der Waals surface area contributed by atoms with Crippen LogP contribution in [0.2, 0.25) is 0 Å². The number of rotatable bonds is 14. The van der Waals surface area contributed by atoms with Gasteiger partial charge in [0.2, 0.25) is 0 Å². The second-order valence-corrected chi connectivity index (χ2v) is 8.65. The van der Waals surface area contributed by atoms with E-state index in [0.29, 0.717) is 12.8 Å². The number of allylic oxidation sites excluding steroid dienone is 8. The van der Waals surface area contributed by atoms with Crippen LogP contribution in [0.3, 0.4) is 0 Å². The van der Waals surface area contributed by atoms with Crippen molar-refractivity contribution in [2.24, 2.45) is 0 Å². The molecule has 0 saturated carbocycles. The Morgan fingerprint density at radius 2 is 0.774 bits per heavy atom.